The smallest absolute Gasteiger partial charge is 0.346 e. The predicted octanol–water partition coefficient (Wildman–Crippen LogP) is 2.69. The number of nitrogens with zero attached hydrogens (tertiary/aromatic N) is 4. The van der Waals surface area contributed by atoms with Gasteiger partial charge in [0.05, 0.1) is 5.69 Å². The number of rotatable bonds is 6. The van der Waals surface area contributed by atoms with Crippen molar-refractivity contribution in [2.75, 3.05) is 13.1 Å². The maximum atomic E-state index is 12.8. The molecule has 0 aromatic carbocycles. The Bertz CT molecular complexity index is 794. The van der Waals surface area contributed by atoms with Crippen LogP contribution in [0.15, 0.2) is 15.4 Å². The fourth-order valence-electron chi connectivity index (χ4n) is 4.54. The fourth-order valence-corrected chi connectivity index (χ4v) is 4.54. The molecule has 2 fully saturated rings. The number of hydrogen-bond donors (Lipinski definition) is 1. The molecule has 7 heteroatoms. The van der Waals surface area contributed by atoms with Crippen LogP contribution in [0, 0.1) is 5.92 Å². The molecule has 7 nitrogen and oxygen atoms in total. The molecular weight excluding hydrogens is 342 g/mol. The third kappa shape index (κ3) is 4.18. The van der Waals surface area contributed by atoms with Gasteiger partial charge in [-0.05, 0) is 51.6 Å². The van der Waals surface area contributed by atoms with Gasteiger partial charge in [-0.1, -0.05) is 24.4 Å². The van der Waals surface area contributed by atoms with Crippen molar-refractivity contribution >= 4 is 0 Å². The molecule has 0 radical (unpaired) electrons. The average molecular weight is 374 g/mol. The largest absolute Gasteiger partial charge is 0.359 e. The molecule has 27 heavy (non-hydrogen) atoms. The molecule has 1 aliphatic heterocycles. The summed E-state index contributed by atoms with van der Waals surface area (Å²) >= 11 is 0. The van der Waals surface area contributed by atoms with Crippen LogP contribution in [-0.2, 0) is 19.5 Å². The van der Waals surface area contributed by atoms with Gasteiger partial charge >= 0.3 is 5.69 Å². The molecule has 0 spiro atoms. The highest BCUT2D eigenvalue weighted by Gasteiger charge is 2.22. The van der Waals surface area contributed by atoms with Crippen molar-refractivity contribution in [2.24, 2.45) is 5.92 Å². The third-order valence-electron chi connectivity index (χ3n) is 6.15. The molecule has 148 valence electrons. The van der Waals surface area contributed by atoms with Crippen molar-refractivity contribution in [3.63, 3.8) is 0 Å². The number of piperidine rings is 1. The normalized spacial score (nSPS) is 19.6. The van der Waals surface area contributed by atoms with Crippen LogP contribution in [0.2, 0.25) is 0 Å². The second-order valence-electron chi connectivity index (χ2n) is 8.05. The van der Waals surface area contributed by atoms with E-state index in [1.54, 1.807) is 9.25 Å². The zero-order valence-electron chi connectivity index (χ0n) is 16.3. The lowest BCUT2D eigenvalue weighted by atomic mass is 9.87. The quantitative estimate of drug-likeness (QED) is 0.842. The summed E-state index contributed by atoms with van der Waals surface area (Å²) in [7, 11) is 0. The van der Waals surface area contributed by atoms with Gasteiger partial charge in [-0.3, -0.25) is 4.57 Å². The molecule has 1 saturated heterocycles. The first-order valence-electron chi connectivity index (χ1n) is 10.6. The summed E-state index contributed by atoms with van der Waals surface area (Å²) < 4.78 is 8.89. The van der Waals surface area contributed by atoms with Gasteiger partial charge in [0.2, 0.25) is 0 Å². The van der Waals surface area contributed by atoms with Crippen LogP contribution in [0.4, 0.5) is 0 Å². The number of aromatic nitrogens is 4. The molecule has 3 heterocycles. The highest BCUT2D eigenvalue weighted by atomic mass is 16.5. The summed E-state index contributed by atoms with van der Waals surface area (Å²) in [5.74, 6) is 2.75. The van der Waals surface area contributed by atoms with Crippen molar-refractivity contribution in [2.45, 2.75) is 77.3 Å². The maximum Gasteiger partial charge on any atom is 0.346 e. The van der Waals surface area contributed by atoms with E-state index < -0.39 is 0 Å². The minimum atomic E-state index is -0.0444. The van der Waals surface area contributed by atoms with Crippen LogP contribution in [0.1, 0.15) is 75.1 Å². The molecule has 0 bridgehead atoms. The van der Waals surface area contributed by atoms with Gasteiger partial charge in [-0.25, -0.2) is 9.48 Å². The van der Waals surface area contributed by atoms with Gasteiger partial charge in [0.25, 0.3) is 0 Å². The van der Waals surface area contributed by atoms with E-state index in [1.165, 1.54) is 32.1 Å². The third-order valence-corrected chi connectivity index (χ3v) is 6.15. The Hall–Kier alpha value is -1.89. The van der Waals surface area contributed by atoms with Crippen LogP contribution in [0.3, 0.4) is 0 Å². The SMILES string of the molecule is CCn1c(CC2CCNCC2)nn(Cc2cc(C3CCCCC3)no2)c1=O. The Kier molecular flexibility index (Phi) is 5.76. The first-order chi connectivity index (χ1) is 13.2. The molecule has 2 aromatic rings. The lowest BCUT2D eigenvalue weighted by molar-refractivity contribution is 0.348. The molecule has 1 aliphatic carbocycles. The maximum absolute atomic E-state index is 12.8. The Morgan fingerprint density at radius 2 is 1.96 bits per heavy atom. The standard InChI is InChI=1S/C20H31N5O2/c1-2-24-19(12-15-8-10-21-11-9-15)22-25(20(24)26)14-17-13-18(23-27-17)16-6-4-3-5-7-16/h13,15-16,21H,2-12,14H2,1H3. The minimum absolute atomic E-state index is 0.0444. The van der Waals surface area contributed by atoms with Gasteiger partial charge in [0, 0.05) is 24.9 Å². The van der Waals surface area contributed by atoms with Crippen molar-refractivity contribution in [1.29, 1.82) is 0 Å². The Balaban J connectivity index is 1.48. The lowest BCUT2D eigenvalue weighted by Gasteiger charge is -2.21. The average Bonchev–Trinajstić information content (AvgIpc) is 3.28. The van der Waals surface area contributed by atoms with E-state index in [9.17, 15) is 4.79 Å². The van der Waals surface area contributed by atoms with Gasteiger partial charge in [0.15, 0.2) is 5.76 Å². The van der Waals surface area contributed by atoms with E-state index in [4.69, 9.17) is 4.52 Å². The molecule has 4 rings (SSSR count). The van der Waals surface area contributed by atoms with E-state index in [-0.39, 0.29) is 5.69 Å². The molecule has 0 unspecified atom stereocenters. The van der Waals surface area contributed by atoms with Crippen LogP contribution < -0.4 is 11.0 Å². The van der Waals surface area contributed by atoms with Gasteiger partial charge in [-0.15, -0.1) is 0 Å². The Labute approximate surface area is 160 Å². The van der Waals surface area contributed by atoms with Crippen molar-refractivity contribution < 1.29 is 4.52 Å². The van der Waals surface area contributed by atoms with E-state index in [0.717, 1.165) is 49.6 Å². The second kappa shape index (κ2) is 8.42. The zero-order chi connectivity index (χ0) is 18.6. The summed E-state index contributed by atoms with van der Waals surface area (Å²) in [5, 5.41) is 12.3. The lowest BCUT2D eigenvalue weighted by Crippen LogP contribution is -2.30. The van der Waals surface area contributed by atoms with E-state index >= 15 is 0 Å². The van der Waals surface area contributed by atoms with Gasteiger partial charge in [0.1, 0.15) is 12.4 Å². The minimum Gasteiger partial charge on any atom is -0.359 e. The topological polar surface area (TPSA) is 77.9 Å². The van der Waals surface area contributed by atoms with E-state index in [1.807, 2.05) is 13.0 Å². The van der Waals surface area contributed by atoms with Gasteiger partial charge < -0.3 is 9.84 Å². The van der Waals surface area contributed by atoms with Crippen molar-refractivity contribution in [1.82, 2.24) is 24.8 Å². The first-order valence-corrected chi connectivity index (χ1v) is 10.6. The van der Waals surface area contributed by atoms with Crippen LogP contribution in [0.5, 0.6) is 0 Å². The fraction of sp³-hybridized carbons (Fsp3) is 0.750. The molecule has 0 amide bonds. The summed E-state index contributed by atoms with van der Waals surface area (Å²) in [6.07, 6.45) is 9.43. The zero-order valence-corrected chi connectivity index (χ0v) is 16.3. The highest BCUT2D eigenvalue weighted by Crippen LogP contribution is 2.32. The van der Waals surface area contributed by atoms with Crippen LogP contribution >= 0.6 is 0 Å². The highest BCUT2D eigenvalue weighted by molar-refractivity contribution is 5.11. The van der Waals surface area contributed by atoms with E-state index in [2.05, 4.69) is 15.6 Å². The van der Waals surface area contributed by atoms with Crippen molar-refractivity contribution in [3.05, 3.63) is 33.8 Å². The summed E-state index contributed by atoms with van der Waals surface area (Å²) in [4.78, 5) is 12.8. The van der Waals surface area contributed by atoms with Crippen molar-refractivity contribution in [3.8, 4) is 0 Å². The molecular formula is C20H31N5O2. The number of nitrogens with one attached hydrogen (secondary N) is 1. The Morgan fingerprint density at radius 1 is 1.19 bits per heavy atom. The first kappa shape index (κ1) is 18.5. The van der Waals surface area contributed by atoms with Crippen LogP contribution in [-0.4, -0.2) is 32.6 Å². The number of hydrogen-bond acceptors (Lipinski definition) is 5. The van der Waals surface area contributed by atoms with Gasteiger partial charge in [-0.2, -0.15) is 5.10 Å². The monoisotopic (exact) mass is 373 g/mol. The molecule has 2 aromatic heterocycles. The summed E-state index contributed by atoms with van der Waals surface area (Å²) in [6.45, 7) is 5.15. The predicted molar refractivity (Wildman–Crippen MR) is 103 cm³/mol. The molecule has 1 N–H and O–H groups in total. The summed E-state index contributed by atoms with van der Waals surface area (Å²) in [6, 6.07) is 2.03. The van der Waals surface area contributed by atoms with E-state index in [0.29, 0.717) is 24.9 Å². The molecule has 2 aliphatic rings. The Morgan fingerprint density at radius 3 is 2.70 bits per heavy atom. The molecule has 1 saturated carbocycles. The summed E-state index contributed by atoms with van der Waals surface area (Å²) in [5.41, 5.74) is 1.000. The van der Waals surface area contributed by atoms with Crippen LogP contribution in [0.25, 0.3) is 0 Å². The second-order valence-corrected chi connectivity index (χ2v) is 8.05. The molecule has 0 atom stereocenters.